The molecule has 1 amide bonds. The zero-order chi connectivity index (χ0) is 60.6. The molecule has 0 aromatic rings. The van der Waals surface area contributed by atoms with Crippen LogP contribution < -0.4 is 5.32 Å². The van der Waals surface area contributed by atoms with E-state index in [1.165, 1.54) is 334 Å². The number of hydrogen-bond acceptors (Lipinski definition) is 5. The van der Waals surface area contributed by atoms with Gasteiger partial charge in [0, 0.05) is 12.8 Å². The Morgan fingerprint density at radius 3 is 0.929 bits per heavy atom. The number of carbonyl (C=O) groups excluding carboxylic acids is 2. The van der Waals surface area contributed by atoms with Crippen LogP contribution in [-0.2, 0) is 14.3 Å². The molecule has 0 aliphatic carbocycles. The highest BCUT2D eigenvalue weighted by Gasteiger charge is 2.18. The van der Waals surface area contributed by atoms with Crippen molar-refractivity contribution >= 4 is 11.9 Å². The Hall–Kier alpha value is -2.18. The topological polar surface area (TPSA) is 95.9 Å². The summed E-state index contributed by atoms with van der Waals surface area (Å²) < 4.78 is 5.50. The monoisotopic (exact) mass is 1180 g/mol. The molecule has 0 bridgehead atoms. The van der Waals surface area contributed by atoms with Gasteiger partial charge in [0.15, 0.2) is 0 Å². The predicted octanol–water partition coefficient (Wildman–Crippen LogP) is 24.8. The second-order valence-electron chi connectivity index (χ2n) is 26.0. The van der Waals surface area contributed by atoms with E-state index in [0.717, 1.165) is 51.4 Å². The lowest BCUT2D eigenvalue weighted by atomic mass is 10.0. The summed E-state index contributed by atoms with van der Waals surface area (Å²) in [5, 5.41) is 23.2. The second kappa shape index (κ2) is 73.3. The molecule has 3 N–H and O–H groups in total. The Bertz CT molecular complexity index is 1400. The minimum Gasteiger partial charge on any atom is -0.466 e. The van der Waals surface area contributed by atoms with Crippen LogP contribution in [-0.4, -0.2) is 47.4 Å². The number of hydrogen-bond donors (Lipinski definition) is 3. The third-order valence-corrected chi connectivity index (χ3v) is 17.6. The normalized spacial score (nSPS) is 12.8. The van der Waals surface area contributed by atoms with Gasteiger partial charge in [0.2, 0.25) is 5.91 Å². The molecule has 0 aromatic heterocycles. The van der Waals surface area contributed by atoms with E-state index in [1.807, 2.05) is 6.08 Å². The molecule has 0 saturated heterocycles. The molecule has 0 fully saturated rings. The molecule has 2 atom stereocenters. The van der Waals surface area contributed by atoms with Crippen molar-refractivity contribution in [2.24, 2.45) is 0 Å². The zero-order valence-electron chi connectivity index (χ0n) is 56.6. The zero-order valence-corrected chi connectivity index (χ0v) is 56.6. The third-order valence-electron chi connectivity index (χ3n) is 17.6. The maximum atomic E-state index is 12.5. The van der Waals surface area contributed by atoms with Crippen molar-refractivity contribution in [2.45, 2.75) is 424 Å². The quantitative estimate of drug-likeness (QED) is 0.0320. The van der Waals surface area contributed by atoms with Crippen molar-refractivity contribution in [2.75, 3.05) is 13.2 Å². The van der Waals surface area contributed by atoms with Crippen LogP contribution in [0.4, 0.5) is 0 Å². The van der Waals surface area contributed by atoms with E-state index >= 15 is 0 Å². The summed E-state index contributed by atoms with van der Waals surface area (Å²) in [6, 6.07) is -0.627. The van der Waals surface area contributed by atoms with E-state index in [2.05, 4.69) is 55.6 Å². The number of nitrogens with one attached hydrogen (secondary N) is 1. The lowest BCUT2D eigenvalue weighted by Gasteiger charge is -2.20. The number of carbonyl (C=O) groups is 2. The maximum Gasteiger partial charge on any atom is 0.305 e. The standard InChI is InChI=1S/C78H147NO5/c1-3-5-7-9-11-13-15-17-19-21-38-42-46-50-54-58-62-66-70-76(81)75(74-80)79-77(82)71-67-63-59-55-51-47-43-39-36-34-32-30-28-26-24-23-25-27-29-31-33-35-37-41-45-49-53-57-61-65-69-73-84-78(83)72-68-64-60-56-52-48-44-40-22-20-18-16-14-12-10-8-6-4-2/h14,16,20,22,25,27,66,70,75-76,80-81H,3-13,15,17-19,21,23-24,26,28-65,67-69,71-74H2,1-2H3,(H,79,82)/b16-14-,22-20-,27-25-,70-66+. The van der Waals surface area contributed by atoms with Gasteiger partial charge >= 0.3 is 5.97 Å². The summed E-state index contributed by atoms with van der Waals surface area (Å²) in [5.41, 5.74) is 0. The first kappa shape index (κ1) is 81.8. The number of ether oxygens (including phenoxy) is 1. The molecule has 0 aliphatic heterocycles. The molecular formula is C78H147NO5. The molecule has 0 aromatic carbocycles. The number of aliphatic hydroxyl groups is 2. The van der Waals surface area contributed by atoms with Crippen LogP contribution in [0.1, 0.15) is 412 Å². The number of amides is 1. The summed E-state index contributed by atoms with van der Waals surface area (Å²) in [7, 11) is 0. The Balaban J connectivity index is 3.38. The average Bonchev–Trinajstić information content (AvgIpc) is 3.52. The lowest BCUT2D eigenvalue weighted by Crippen LogP contribution is -2.45. The Labute approximate surface area is 525 Å². The van der Waals surface area contributed by atoms with E-state index in [-0.39, 0.29) is 18.5 Å². The molecule has 0 spiro atoms. The minimum absolute atomic E-state index is 0.0104. The SMILES string of the molecule is CCCCCC/C=C\C/C=C\CCCCCCCCCC(=O)OCCCCCCCCCCCCCC/C=C\CCCCCCCCCCCCCCCCCC(=O)NC(CO)C(O)/C=C/CCCCCCCCCCCCCCCCCC. The minimum atomic E-state index is -0.844. The number of allylic oxidation sites excluding steroid dienone is 7. The molecular weight excluding hydrogens is 1030 g/mol. The summed E-state index contributed by atoms with van der Waals surface area (Å²) in [6.07, 6.45) is 96.4. The highest BCUT2D eigenvalue weighted by atomic mass is 16.5. The van der Waals surface area contributed by atoms with Crippen LogP contribution in [0.15, 0.2) is 48.6 Å². The van der Waals surface area contributed by atoms with Crippen molar-refractivity contribution in [3.63, 3.8) is 0 Å². The number of esters is 1. The fourth-order valence-electron chi connectivity index (χ4n) is 11.8. The van der Waals surface area contributed by atoms with E-state index in [0.29, 0.717) is 19.4 Å². The number of aliphatic hydroxyl groups excluding tert-OH is 2. The van der Waals surface area contributed by atoms with Crippen molar-refractivity contribution in [3.8, 4) is 0 Å². The Morgan fingerprint density at radius 2 is 0.595 bits per heavy atom. The Kier molecular flexibility index (Phi) is 71.4. The highest BCUT2D eigenvalue weighted by molar-refractivity contribution is 5.76. The van der Waals surface area contributed by atoms with Crippen LogP contribution in [0, 0.1) is 0 Å². The van der Waals surface area contributed by atoms with Gasteiger partial charge in [0.05, 0.1) is 25.4 Å². The van der Waals surface area contributed by atoms with Crippen LogP contribution in [0.3, 0.4) is 0 Å². The fourth-order valence-corrected chi connectivity index (χ4v) is 11.8. The molecule has 494 valence electrons. The second-order valence-corrected chi connectivity index (χ2v) is 26.0. The van der Waals surface area contributed by atoms with Gasteiger partial charge in [0.1, 0.15) is 0 Å². The number of rotatable bonds is 71. The van der Waals surface area contributed by atoms with Crippen molar-refractivity contribution < 1.29 is 24.5 Å². The smallest absolute Gasteiger partial charge is 0.305 e. The fraction of sp³-hybridized carbons (Fsp3) is 0.872. The largest absolute Gasteiger partial charge is 0.466 e. The maximum absolute atomic E-state index is 12.5. The van der Waals surface area contributed by atoms with Gasteiger partial charge in [-0.05, 0) is 89.9 Å². The van der Waals surface area contributed by atoms with Crippen LogP contribution in [0.5, 0.6) is 0 Å². The van der Waals surface area contributed by atoms with Crippen LogP contribution in [0.2, 0.25) is 0 Å². The molecule has 2 unspecified atom stereocenters. The third kappa shape index (κ3) is 68.9. The first-order valence-electron chi connectivity index (χ1n) is 37.9. The van der Waals surface area contributed by atoms with Crippen LogP contribution in [0.25, 0.3) is 0 Å². The van der Waals surface area contributed by atoms with E-state index in [9.17, 15) is 19.8 Å². The van der Waals surface area contributed by atoms with Gasteiger partial charge in [0.25, 0.3) is 0 Å². The average molecular weight is 1180 g/mol. The summed E-state index contributed by atoms with van der Waals surface area (Å²) in [4.78, 5) is 24.6. The molecule has 6 nitrogen and oxygen atoms in total. The van der Waals surface area contributed by atoms with Gasteiger partial charge in [-0.25, -0.2) is 0 Å². The first-order valence-corrected chi connectivity index (χ1v) is 37.9. The summed E-state index contributed by atoms with van der Waals surface area (Å²) in [5.74, 6) is -0.0524. The van der Waals surface area contributed by atoms with Gasteiger partial charge < -0.3 is 20.3 Å². The molecule has 0 radical (unpaired) electrons. The van der Waals surface area contributed by atoms with E-state index in [4.69, 9.17) is 4.74 Å². The van der Waals surface area contributed by atoms with Gasteiger partial charge in [-0.2, -0.15) is 0 Å². The molecule has 0 saturated carbocycles. The van der Waals surface area contributed by atoms with Crippen molar-refractivity contribution in [1.82, 2.24) is 5.32 Å². The van der Waals surface area contributed by atoms with Gasteiger partial charge in [-0.15, -0.1) is 0 Å². The Morgan fingerprint density at radius 1 is 0.333 bits per heavy atom. The van der Waals surface area contributed by atoms with Gasteiger partial charge in [-0.3, -0.25) is 9.59 Å². The first-order chi connectivity index (χ1) is 41.5. The summed E-state index contributed by atoms with van der Waals surface area (Å²) in [6.45, 7) is 4.92. The lowest BCUT2D eigenvalue weighted by molar-refractivity contribution is -0.143. The van der Waals surface area contributed by atoms with E-state index in [1.54, 1.807) is 6.08 Å². The molecule has 0 rings (SSSR count). The molecule has 0 aliphatic rings. The van der Waals surface area contributed by atoms with Gasteiger partial charge in [-0.1, -0.05) is 358 Å². The molecule has 84 heavy (non-hydrogen) atoms. The number of unbranched alkanes of at least 4 members (excludes halogenated alkanes) is 54. The molecule has 6 heteroatoms. The molecule has 0 heterocycles. The van der Waals surface area contributed by atoms with Crippen molar-refractivity contribution in [3.05, 3.63) is 48.6 Å². The van der Waals surface area contributed by atoms with Crippen molar-refractivity contribution in [1.29, 1.82) is 0 Å². The van der Waals surface area contributed by atoms with E-state index < -0.39 is 12.1 Å². The summed E-state index contributed by atoms with van der Waals surface area (Å²) >= 11 is 0. The van der Waals surface area contributed by atoms with Crippen LogP contribution >= 0.6 is 0 Å². The predicted molar refractivity (Wildman–Crippen MR) is 370 cm³/mol. The highest BCUT2D eigenvalue weighted by Crippen LogP contribution is 2.19.